The SMILES string of the molecule is COc1ccccc1Oc1ccc(NC(=O)CN2C(=O)COc3ccccc32)cc1. The van der Waals surface area contributed by atoms with Crippen LogP contribution in [0.1, 0.15) is 0 Å². The van der Waals surface area contributed by atoms with E-state index < -0.39 is 0 Å². The van der Waals surface area contributed by atoms with Gasteiger partial charge in [-0.05, 0) is 48.5 Å². The average molecular weight is 404 g/mol. The normalized spacial score (nSPS) is 12.6. The number of hydrogen-bond acceptors (Lipinski definition) is 5. The van der Waals surface area contributed by atoms with Gasteiger partial charge in [0.15, 0.2) is 18.1 Å². The molecule has 0 saturated carbocycles. The highest BCUT2D eigenvalue weighted by molar-refractivity contribution is 6.04. The summed E-state index contributed by atoms with van der Waals surface area (Å²) < 4.78 is 16.5. The Balaban J connectivity index is 1.40. The molecule has 3 aromatic rings. The molecule has 4 rings (SSSR count). The van der Waals surface area contributed by atoms with Gasteiger partial charge in [-0.15, -0.1) is 0 Å². The number of benzene rings is 3. The highest BCUT2D eigenvalue weighted by Gasteiger charge is 2.26. The number of para-hydroxylation sites is 4. The molecular formula is C23H20N2O5. The number of carbonyl (C=O) groups is 2. The first kappa shape index (κ1) is 19.3. The molecule has 0 fully saturated rings. The van der Waals surface area contributed by atoms with Crippen molar-refractivity contribution in [2.75, 3.05) is 30.5 Å². The first-order valence-corrected chi connectivity index (χ1v) is 9.37. The second kappa shape index (κ2) is 8.57. The van der Waals surface area contributed by atoms with Gasteiger partial charge in [-0.25, -0.2) is 0 Å². The van der Waals surface area contributed by atoms with Crippen LogP contribution in [-0.4, -0.2) is 32.1 Å². The van der Waals surface area contributed by atoms with Gasteiger partial charge in [-0.2, -0.15) is 0 Å². The van der Waals surface area contributed by atoms with Crippen molar-refractivity contribution < 1.29 is 23.8 Å². The number of nitrogens with one attached hydrogen (secondary N) is 1. The average Bonchev–Trinajstić information content (AvgIpc) is 2.77. The fourth-order valence-corrected chi connectivity index (χ4v) is 3.11. The Kier molecular flexibility index (Phi) is 5.52. The molecule has 3 aromatic carbocycles. The van der Waals surface area contributed by atoms with Crippen molar-refractivity contribution >= 4 is 23.2 Å². The van der Waals surface area contributed by atoms with Crippen molar-refractivity contribution in [1.29, 1.82) is 0 Å². The van der Waals surface area contributed by atoms with Gasteiger partial charge in [0.1, 0.15) is 18.0 Å². The lowest BCUT2D eigenvalue weighted by atomic mass is 10.2. The highest BCUT2D eigenvalue weighted by atomic mass is 16.5. The summed E-state index contributed by atoms with van der Waals surface area (Å²) in [6.45, 7) is -0.183. The zero-order valence-electron chi connectivity index (χ0n) is 16.3. The van der Waals surface area contributed by atoms with E-state index in [-0.39, 0.29) is 25.0 Å². The van der Waals surface area contributed by atoms with Crippen LogP contribution in [0.15, 0.2) is 72.8 Å². The standard InChI is InChI=1S/C23H20N2O5/c1-28-20-8-4-5-9-21(20)30-17-12-10-16(11-13-17)24-22(26)14-25-18-6-2-3-7-19(18)29-15-23(25)27/h2-13H,14-15H2,1H3,(H,24,26). The van der Waals surface area contributed by atoms with Crippen LogP contribution < -0.4 is 24.4 Å². The van der Waals surface area contributed by atoms with Crippen molar-refractivity contribution in [1.82, 2.24) is 0 Å². The maximum absolute atomic E-state index is 12.5. The largest absolute Gasteiger partial charge is 0.493 e. The second-order valence-corrected chi connectivity index (χ2v) is 6.56. The number of methoxy groups -OCH3 is 1. The number of anilines is 2. The van der Waals surface area contributed by atoms with E-state index in [1.54, 1.807) is 49.6 Å². The lowest BCUT2D eigenvalue weighted by molar-refractivity contribution is -0.123. The van der Waals surface area contributed by atoms with Crippen molar-refractivity contribution in [3.8, 4) is 23.0 Å². The van der Waals surface area contributed by atoms with Crippen LogP contribution in [0, 0.1) is 0 Å². The third-order valence-corrected chi connectivity index (χ3v) is 4.54. The minimum absolute atomic E-state index is 0.0841. The van der Waals surface area contributed by atoms with Gasteiger partial charge in [0, 0.05) is 5.69 Å². The monoisotopic (exact) mass is 404 g/mol. The summed E-state index contributed by atoms with van der Waals surface area (Å²) >= 11 is 0. The van der Waals surface area contributed by atoms with Gasteiger partial charge in [0.25, 0.3) is 5.91 Å². The molecule has 0 atom stereocenters. The molecule has 1 aliphatic heterocycles. The first-order valence-electron chi connectivity index (χ1n) is 9.37. The fourth-order valence-electron chi connectivity index (χ4n) is 3.11. The van der Waals surface area contributed by atoms with E-state index in [0.717, 1.165) is 0 Å². The van der Waals surface area contributed by atoms with Crippen LogP contribution in [0.3, 0.4) is 0 Å². The number of carbonyl (C=O) groups excluding carboxylic acids is 2. The fraction of sp³-hybridized carbons (Fsp3) is 0.130. The maximum atomic E-state index is 12.5. The van der Waals surface area contributed by atoms with Crippen molar-refractivity contribution in [2.24, 2.45) is 0 Å². The molecule has 1 heterocycles. The van der Waals surface area contributed by atoms with Gasteiger partial charge in [-0.1, -0.05) is 24.3 Å². The Bertz CT molecular complexity index is 1070. The summed E-state index contributed by atoms with van der Waals surface area (Å²) in [5.74, 6) is 1.85. The molecule has 7 heteroatoms. The predicted molar refractivity (Wildman–Crippen MR) is 112 cm³/mol. The highest BCUT2D eigenvalue weighted by Crippen LogP contribution is 2.32. The Hall–Kier alpha value is -4.00. The molecule has 0 aliphatic carbocycles. The first-order chi connectivity index (χ1) is 14.6. The van der Waals surface area contributed by atoms with Crippen LogP contribution in [0.2, 0.25) is 0 Å². The Morgan fingerprint density at radius 2 is 1.70 bits per heavy atom. The second-order valence-electron chi connectivity index (χ2n) is 6.56. The van der Waals surface area contributed by atoms with E-state index in [2.05, 4.69) is 5.32 Å². The molecule has 7 nitrogen and oxygen atoms in total. The lowest BCUT2D eigenvalue weighted by Gasteiger charge is -2.28. The number of ether oxygens (including phenoxy) is 3. The van der Waals surface area contributed by atoms with Crippen molar-refractivity contribution in [2.45, 2.75) is 0 Å². The molecule has 30 heavy (non-hydrogen) atoms. The van der Waals surface area contributed by atoms with Crippen LogP contribution in [0.25, 0.3) is 0 Å². The zero-order chi connectivity index (χ0) is 20.9. The third kappa shape index (κ3) is 4.20. The molecule has 0 radical (unpaired) electrons. The van der Waals surface area contributed by atoms with Crippen molar-refractivity contribution in [3.63, 3.8) is 0 Å². The van der Waals surface area contributed by atoms with E-state index in [0.29, 0.717) is 34.4 Å². The Morgan fingerprint density at radius 3 is 2.47 bits per heavy atom. The predicted octanol–water partition coefficient (Wildman–Crippen LogP) is 3.85. The van der Waals surface area contributed by atoms with Crippen LogP contribution in [-0.2, 0) is 9.59 Å². The molecule has 0 unspecified atom stereocenters. The molecule has 1 N–H and O–H groups in total. The Morgan fingerprint density at radius 1 is 1.00 bits per heavy atom. The summed E-state index contributed by atoms with van der Waals surface area (Å²) in [4.78, 5) is 26.1. The van der Waals surface area contributed by atoms with Gasteiger partial charge < -0.3 is 19.5 Å². The molecule has 0 aromatic heterocycles. The number of fused-ring (bicyclic) bond motifs is 1. The van der Waals surface area contributed by atoms with E-state index in [1.165, 1.54) is 4.90 Å². The molecule has 0 bridgehead atoms. The Labute approximate surface area is 173 Å². The number of rotatable bonds is 6. The summed E-state index contributed by atoms with van der Waals surface area (Å²) in [6.07, 6.45) is 0. The molecule has 0 spiro atoms. The summed E-state index contributed by atoms with van der Waals surface area (Å²) in [7, 11) is 1.58. The van der Waals surface area contributed by atoms with Gasteiger partial charge in [-0.3, -0.25) is 14.5 Å². The lowest BCUT2D eigenvalue weighted by Crippen LogP contribution is -2.43. The third-order valence-electron chi connectivity index (χ3n) is 4.54. The van der Waals surface area contributed by atoms with Crippen LogP contribution >= 0.6 is 0 Å². The zero-order valence-corrected chi connectivity index (χ0v) is 16.3. The summed E-state index contributed by atoms with van der Waals surface area (Å²) in [5, 5.41) is 2.80. The summed E-state index contributed by atoms with van der Waals surface area (Å²) in [6, 6.07) is 21.5. The van der Waals surface area contributed by atoms with E-state index >= 15 is 0 Å². The minimum Gasteiger partial charge on any atom is -0.493 e. The van der Waals surface area contributed by atoms with Gasteiger partial charge >= 0.3 is 0 Å². The molecule has 152 valence electrons. The minimum atomic E-state index is -0.307. The molecular weight excluding hydrogens is 384 g/mol. The molecule has 2 amide bonds. The van der Waals surface area contributed by atoms with Crippen LogP contribution in [0.5, 0.6) is 23.0 Å². The van der Waals surface area contributed by atoms with E-state index in [9.17, 15) is 9.59 Å². The molecule has 1 aliphatic rings. The quantitative estimate of drug-likeness (QED) is 0.675. The topological polar surface area (TPSA) is 77.1 Å². The van der Waals surface area contributed by atoms with E-state index in [1.807, 2.05) is 30.3 Å². The molecule has 0 saturated heterocycles. The smallest absolute Gasteiger partial charge is 0.265 e. The van der Waals surface area contributed by atoms with Gasteiger partial charge in [0.2, 0.25) is 5.91 Å². The van der Waals surface area contributed by atoms with Crippen LogP contribution in [0.4, 0.5) is 11.4 Å². The van der Waals surface area contributed by atoms with Crippen molar-refractivity contribution in [3.05, 3.63) is 72.8 Å². The van der Waals surface area contributed by atoms with Gasteiger partial charge in [0.05, 0.1) is 12.8 Å². The number of hydrogen-bond donors (Lipinski definition) is 1. The summed E-state index contributed by atoms with van der Waals surface area (Å²) in [5.41, 5.74) is 1.19. The number of nitrogens with zero attached hydrogens (tertiary/aromatic N) is 1. The maximum Gasteiger partial charge on any atom is 0.265 e. The number of amides is 2. The van der Waals surface area contributed by atoms with E-state index in [4.69, 9.17) is 14.2 Å².